The van der Waals surface area contributed by atoms with E-state index in [0.717, 1.165) is 6.42 Å². The van der Waals surface area contributed by atoms with Gasteiger partial charge in [0.05, 0.1) is 6.10 Å². The lowest BCUT2D eigenvalue weighted by molar-refractivity contribution is 0.0218. The Kier molecular flexibility index (Phi) is 5.42. The third-order valence-electron chi connectivity index (χ3n) is 3.97. The average Bonchev–Trinajstić information content (AvgIpc) is 2.39. The van der Waals surface area contributed by atoms with Gasteiger partial charge in [-0.25, -0.2) is 0 Å². The molecule has 3 nitrogen and oxygen atoms in total. The van der Waals surface area contributed by atoms with Crippen molar-refractivity contribution in [3.63, 3.8) is 0 Å². The second-order valence-electron chi connectivity index (χ2n) is 6.54. The fourth-order valence-electron chi connectivity index (χ4n) is 2.92. The maximum atomic E-state index is 10.1. The average molecular weight is 296 g/mol. The predicted octanol–water partition coefficient (Wildman–Crippen LogP) is 4.91. The van der Waals surface area contributed by atoms with E-state index in [0.29, 0.717) is 11.7 Å². The molecule has 0 bridgehead atoms. The topological polar surface area (TPSA) is 38.7 Å². The first kappa shape index (κ1) is 15.8. The first-order valence-electron chi connectivity index (χ1n) is 7.35. The van der Waals surface area contributed by atoms with Crippen molar-refractivity contribution < 1.29 is 13.9 Å². The van der Waals surface area contributed by atoms with Crippen LogP contribution in [0.1, 0.15) is 46.5 Å². The largest absolute Gasteiger partial charge is 0.427 e. The van der Waals surface area contributed by atoms with Crippen molar-refractivity contribution >= 4 is 8.60 Å². The van der Waals surface area contributed by atoms with Crippen molar-refractivity contribution in [1.82, 2.24) is 0 Å². The molecule has 0 saturated heterocycles. The van der Waals surface area contributed by atoms with Crippen LogP contribution in [0.2, 0.25) is 0 Å². The SMILES string of the molecule is CC(C)(C)C1CCCCC1OP(O)Oc1ccccc1. The minimum atomic E-state index is -1.85. The Labute approximate surface area is 123 Å². The van der Waals surface area contributed by atoms with Crippen LogP contribution >= 0.6 is 8.60 Å². The monoisotopic (exact) mass is 296 g/mol. The van der Waals surface area contributed by atoms with E-state index in [1.54, 1.807) is 0 Å². The van der Waals surface area contributed by atoms with Gasteiger partial charge in [-0.2, -0.15) is 0 Å². The molecule has 3 unspecified atom stereocenters. The van der Waals surface area contributed by atoms with E-state index in [9.17, 15) is 4.89 Å². The number of para-hydroxylation sites is 1. The quantitative estimate of drug-likeness (QED) is 0.803. The van der Waals surface area contributed by atoms with Gasteiger partial charge in [-0.15, -0.1) is 0 Å². The molecule has 1 fully saturated rings. The van der Waals surface area contributed by atoms with Crippen LogP contribution in [0.25, 0.3) is 0 Å². The molecule has 2 rings (SSSR count). The lowest BCUT2D eigenvalue weighted by Gasteiger charge is -2.40. The lowest BCUT2D eigenvalue weighted by Crippen LogP contribution is -2.36. The minimum Gasteiger partial charge on any atom is -0.427 e. The third kappa shape index (κ3) is 4.44. The van der Waals surface area contributed by atoms with Gasteiger partial charge in [-0.3, -0.25) is 4.52 Å². The van der Waals surface area contributed by atoms with Gasteiger partial charge in [0, 0.05) is 0 Å². The summed E-state index contributed by atoms with van der Waals surface area (Å²) in [5, 5.41) is 0. The van der Waals surface area contributed by atoms with Gasteiger partial charge in [0.15, 0.2) is 0 Å². The Morgan fingerprint density at radius 1 is 1.10 bits per heavy atom. The van der Waals surface area contributed by atoms with E-state index in [1.165, 1.54) is 19.3 Å². The van der Waals surface area contributed by atoms with Crippen LogP contribution in [-0.2, 0) is 4.52 Å². The van der Waals surface area contributed by atoms with Gasteiger partial charge in [0.25, 0.3) is 0 Å². The van der Waals surface area contributed by atoms with Crippen LogP contribution in [0.4, 0.5) is 0 Å². The molecule has 0 aliphatic heterocycles. The molecule has 1 aromatic rings. The van der Waals surface area contributed by atoms with Gasteiger partial charge in [-0.1, -0.05) is 51.8 Å². The summed E-state index contributed by atoms with van der Waals surface area (Å²) in [4.78, 5) is 10.1. The number of rotatable bonds is 4. The molecule has 4 heteroatoms. The fraction of sp³-hybridized carbons (Fsp3) is 0.625. The number of hydrogen-bond acceptors (Lipinski definition) is 3. The molecule has 0 amide bonds. The zero-order valence-electron chi connectivity index (χ0n) is 12.6. The smallest absolute Gasteiger partial charge is 0.394 e. The van der Waals surface area contributed by atoms with Crippen LogP contribution in [0.15, 0.2) is 30.3 Å². The van der Waals surface area contributed by atoms with Crippen LogP contribution in [0.3, 0.4) is 0 Å². The molecule has 20 heavy (non-hydrogen) atoms. The summed E-state index contributed by atoms with van der Waals surface area (Å²) in [6, 6.07) is 9.35. The van der Waals surface area contributed by atoms with Crippen molar-refractivity contribution in [3.8, 4) is 5.75 Å². The standard InChI is InChI=1S/C16H25O3P/c1-16(2,3)14-11-7-8-12-15(14)19-20(17)18-13-9-5-4-6-10-13/h4-6,9-10,14-15,17H,7-8,11-12H2,1-3H3. The molecule has 1 aliphatic rings. The molecule has 0 spiro atoms. The molecule has 0 heterocycles. The Morgan fingerprint density at radius 3 is 2.40 bits per heavy atom. The highest BCUT2D eigenvalue weighted by molar-refractivity contribution is 7.41. The number of hydrogen-bond donors (Lipinski definition) is 1. The van der Waals surface area contributed by atoms with E-state index < -0.39 is 8.60 Å². The van der Waals surface area contributed by atoms with Crippen molar-refractivity contribution in [2.24, 2.45) is 11.3 Å². The molecule has 1 aliphatic carbocycles. The lowest BCUT2D eigenvalue weighted by atomic mass is 9.71. The maximum absolute atomic E-state index is 10.1. The molecule has 1 aromatic carbocycles. The van der Waals surface area contributed by atoms with Gasteiger partial charge in [0.1, 0.15) is 5.75 Å². The van der Waals surface area contributed by atoms with E-state index >= 15 is 0 Å². The zero-order valence-corrected chi connectivity index (χ0v) is 13.5. The van der Waals surface area contributed by atoms with E-state index in [-0.39, 0.29) is 11.5 Å². The van der Waals surface area contributed by atoms with Crippen LogP contribution < -0.4 is 4.52 Å². The Hall–Kier alpha value is -0.630. The summed E-state index contributed by atoms with van der Waals surface area (Å²) in [6.07, 6.45) is 4.71. The van der Waals surface area contributed by atoms with E-state index in [1.807, 2.05) is 30.3 Å². The van der Waals surface area contributed by atoms with Gasteiger partial charge in [-0.05, 0) is 36.3 Å². The zero-order chi connectivity index (χ0) is 14.6. The summed E-state index contributed by atoms with van der Waals surface area (Å²) in [7, 11) is -1.85. The normalized spacial score (nSPS) is 25.2. The second kappa shape index (κ2) is 6.89. The maximum Gasteiger partial charge on any atom is 0.394 e. The Bertz CT molecular complexity index is 402. The van der Waals surface area contributed by atoms with Crippen molar-refractivity contribution in [1.29, 1.82) is 0 Å². The highest BCUT2D eigenvalue weighted by Gasteiger charge is 2.36. The highest BCUT2D eigenvalue weighted by atomic mass is 31.2. The first-order valence-corrected chi connectivity index (χ1v) is 8.48. The van der Waals surface area contributed by atoms with E-state index in [4.69, 9.17) is 9.05 Å². The second-order valence-corrected chi connectivity index (χ2v) is 7.41. The summed E-state index contributed by atoms with van der Waals surface area (Å²) < 4.78 is 11.3. The molecule has 0 aromatic heterocycles. The van der Waals surface area contributed by atoms with Crippen molar-refractivity contribution in [2.45, 2.75) is 52.6 Å². The van der Waals surface area contributed by atoms with Crippen molar-refractivity contribution in [2.75, 3.05) is 0 Å². The summed E-state index contributed by atoms with van der Waals surface area (Å²) in [6.45, 7) is 6.74. The molecular formula is C16H25O3P. The van der Waals surface area contributed by atoms with Gasteiger partial charge in [0.2, 0.25) is 0 Å². The molecule has 0 radical (unpaired) electrons. The third-order valence-corrected chi connectivity index (χ3v) is 4.79. The Morgan fingerprint density at radius 2 is 1.75 bits per heavy atom. The summed E-state index contributed by atoms with van der Waals surface area (Å²) in [5.41, 5.74) is 0.202. The predicted molar refractivity (Wildman–Crippen MR) is 82.5 cm³/mol. The molecule has 112 valence electrons. The first-order chi connectivity index (χ1) is 9.47. The molecular weight excluding hydrogens is 271 g/mol. The minimum absolute atomic E-state index is 0.101. The fourth-order valence-corrected chi connectivity index (χ4v) is 3.75. The molecule has 1 N–H and O–H groups in total. The van der Waals surface area contributed by atoms with Crippen LogP contribution in [0.5, 0.6) is 5.75 Å². The summed E-state index contributed by atoms with van der Waals surface area (Å²) in [5.74, 6) is 1.14. The van der Waals surface area contributed by atoms with Gasteiger partial charge >= 0.3 is 8.60 Å². The summed E-state index contributed by atoms with van der Waals surface area (Å²) >= 11 is 0. The number of benzene rings is 1. The Balaban J connectivity index is 1.93. The van der Waals surface area contributed by atoms with Crippen LogP contribution in [-0.4, -0.2) is 11.0 Å². The van der Waals surface area contributed by atoms with Crippen molar-refractivity contribution in [3.05, 3.63) is 30.3 Å². The van der Waals surface area contributed by atoms with Crippen LogP contribution in [0, 0.1) is 11.3 Å². The highest BCUT2D eigenvalue weighted by Crippen LogP contribution is 2.45. The van der Waals surface area contributed by atoms with E-state index in [2.05, 4.69) is 20.8 Å². The molecule has 1 saturated carbocycles. The molecule has 3 atom stereocenters. The van der Waals surface area contributed by atoms with Gasteiger partial charge < -0.3 is 9.42 Å².